The number of carbonyl (C=O) groups is 1. The Hall–Kier alpha value is -1.48. The second-order valence-corrected chi connectivity index (χ2v) is 5.02. The van der Waals surface area contributed by atoms with E-state index in [9.17, 15) is 4.79 Å². The molecule has 0 aliphatic rings. The topological polar surface area (TPSA) is 25.2 Å². The van der Waals surface area contributed by atoms with Gasteiger partial charge in [-0.15, -0.1) is 0 Å². The fraction of sp³-hybridized carbons (Fsp3) is 0.357. The molecule has 18 heavy (non-hydrogen) atoms. The SMILES string of the molecule is CCn1c(C(=O)N(C)C)c(C)c2cc(Cl)ccc21. The van der Waals surface area contributed by atoms with E-state index in [1.165, 1.54) is 0 Å². The van der Waals surface area contributed by atoms with E-state index in [1.54, 1.807) is 19.0 Å². The van der Waals surface area contributed by atoms with Crippen molar-refractivity contribution < 1.29 is 4.79 Å². The second kappa shape index (κ2) is 4.65. The van der Waals surface area contributed by atoms with Crippen molar-refractivity contribution in [2.24, 2.45) is 0 Å². The molecule has 0 saturated heterocycles. The Balaban J connectivity index is 2.80. The predicted octanol–water partition coefficient (Wildman–Crippen LogP) is 3.32. The van der Waals surface area contributed by atoms with Crippen molar-refractivity contribution in [3.05, 3.63) is 34.5 Å². The molecule has 0 atom stereocenters. The first-order valence-electron chi connectivity index (χ1n) is 5.97. The summed E-state index contributed by atoms with van der Waals surface area (Å²) in [6.07, 6.45) is 0. The lowest BCUT2D eigenvalue weighted by Gasteiger charge is -2.13. The van der Waals surface area contributed by atoms with Gasteiger partial charge < -0.3 is 9.47 Å². The number of fused-ring (bicyclic) bond motifs is 1. The average Bonchev–Trinajstić information content (AvgIpc) is 2.61. The largest absolute Gasteiger partial charge is 0.343 e. The maximum Gasteiger partial charge on any atom is 0.270 e. The maximum absolute atomic E-state index is 12.3. The van der Waals surface area contributed by atoms with E-state index in [2.05, 4.69) is 0 Å². The van der Waals surface area contributed by atoms with Gasteiger partial charge in [-0.1, -0.05) is 11.6 Å². The van der Waals surface area contributed by atoms with Crippen LogP contribution in [0.15, 0.2) is 18.2 Å². The summed E-state index contributed by atoms with van der Waals surface area (Å²) >= 11 is 6.03. The first kappa shape index (κ1) is 13.0. The highest BCUT2D eigenvalue weighted by atomic mass is 35.5. The van der Waals surface area contributed by atoms with Gasteiger partial charge in [0, 0.05) is 36.6 Å². The Labute approximate surface area is 112 Å². The number of halogens is 1. The van der Waals surface area contributed by atoms with Gasteiger partial charge in [0.25, 0.3) is 5.91 Å². The molecular weight excluding hydrogens is 248 g/mol. The number of aryl methyl sites for hydroxylation is 2. The number of hydrogen-bond acceptors (Lipinski definition) is 1. The average molecular weight is 265 g/mol. The van der Waals surface area contributed by atoms with Crippen LogP contribution in [0.25, 0.3) is 10.9 Å². The molecule has 0 fully saturated rings. The minimum Gasteiger partial charge on any atom is -0.343 e. The summed E-state index contributed by atoms with van der Waals surface area (Å²) in [5.41, 5.74) is 2.80. The van der Waals surface area contributed by atoms with Crippen LogP contribution in [0.1, 0.15) is 23.0 Å². The van der Waals surface area contributed by atoms with Gasteiger partial charge >= 0.3 is 0 Å². The van der Waals surface area contributed by atoms with Gasteiger partial charge in [0.05, 0.1) is 0 Å². The van der Waals surface area contributed by atoms with Crippen LogP contribution in [0.4, 0.5) is 0 Å². The van der Waals surface area contributed by atoms with E-state index in [-0.39, 0.29) is 5.91 Å². The smallest absolute Gasteiger partial charge is 0.270 e. The summed E-state index contributed by atoms with van der Waals surface area (Å²) < 4.78 is 2.04. The zero-order valence-electron chi connectivity index (χ0n) is 11.1. The second-order valence-electron chi connectivity index (χ2n) is 4.58. The van der Waals surface area contributed by atoms with Crippen LogP contribution in [0.5, 0.6) is 0 Å². The highest BCUT2D eigenvalue weighted by Gasteiger charge is 2.20. The third kappa shape index (κ3) is 1.89. The van der Waals surface area contributed by atoms with Crippen molar-refractivity contribution in [3.63, 3.8) is 0 Å². The van der Waals surface area contributed by atoms with Crippen LogP contribution in [-0.4, -0.2) is 29.5 Å². The third-order valence-electron chi connectivity index (χ3n) is 3.20. The van der Waals surface area contributed by atoms with Crippen LogP contribution in [0.3, 0.4) is 0 Å². The summed E-state index contributed by atoms with van der Waals surface area (Å²) in [6.45, 7) is 4.78. The number of hydrogen-bond donors (Lipinski definition) is 0. The molecule has 1 heterocycles. The predicted molar refractivity (Wildman–Crippen MR) is 75.4 cm³/mol. The molecule has 0 radical (unpaired) electrons. The summed E-state index contributed by atoms with van der Waals surface area (Å²) in [5, 5.41) is 1.75. The van der Waals surface area contributed by atoms with Gasteiger partial charge in [-0.3, -0.25) is 4.79 Å². The summed E-state index contributed by atoms with van der Waals surface area (Å²) in [5.74, 6) is 0.0293. The fourth-order valence-corrected chi connectivity index (χ4v) is 2.48. The molecule has 1 amide bonds. The monoisotopic (exact) mass is 264 g/mol. The molecule has 96 valence electrons. The lowest BCUT2D eigenvalue weighted by molar-refractivity contribution is 0.0817. The molecular formula is C14H17ClN2O. The minimum atomic E-state index is 0.0293. The lowest BCUT2D eigenvalue weighted by Crippen LogP contribution is -2.25. The zero-order chi connectivity index (χ0) is 13.4. The molecule has 1 aromatic heterocycles. The van der Waals surface area contributed by atoms with Gasteiger partial charge in [0.15, 0.2) is 0 Å². The fourth-order valence-electron chi connectivity index (χ4n) is 2.31. The van der Waals surface area contributed by atoms with Gasteiger partial charge in [-0.05, 0) is 37.6 Å². The molecule has 4 heteroatoms. The zero-order valence-corrected chi connectivity index (χ0v) is 11.9. The van der Waals surface area contributed by atoms with Crippen molar-refractivity contribution in [1.29, 1.82) is 0 Å². The van der Waals surface area contributed by atoms with E-state index in [0.717, 1.165) is 28.7 Å². The molecule has 0 bridgehead atoms. The Kier molecular flexibility index (Phi) is 3.35. The summed E-state index contributed by atoms with van der Waals surface area (Å²) in [7, 11) is 3.54. The molecule has 0 aliphatic carbocycles. The van der Waals surface area contributed by atoms with Crippen molar-refractivity contribution in [2.75, 3.05) is 14.1 Å². The van der Waals surface area contributed by atoms with Crippen molar-refractivity contribution in [1.82, 2.24) is 9.47 Å². The molecule has 2 aromatic rings. The molecule has 0 unspecified atom stereocenters. The van der Waals surface area contributed by atoms with Crippen LogP contribution >= 0.6 is 11.6 Å². The van der Waals surface area contributed by atoms with Crippen molar-refractivity contribution >= 4 is 28.4 Å². The standard InChI is InChI=1S/C14H17ClN2O/c1-5-17-12-7-6-10(15)8-11(12)9(2)13(17)14(18)16(3)4/h6-8H,5H2,1-4H3. The van der Waals surface area contributed by atoms with E-state index in [1.807, 2.05) is 36.6 Å². The van der Waals surface area contributed by atoms with Gasteiger partial charge in [0.1, 0.15) is 5.69 Å². The number of amides is 1. The van der Waals surface area contributed by atoms with E-state index in [0.29, 0.717) is 5.02 Å². The highest BCUT2D eigenvalue weighted by Crippen LogP contribution is 2.28. The number of carbonyl (C=O) groups excluding carboxylic acids is 1. The number of rotatable bonds is 2. The molecule has 0 spiro atoms. The maximum atomic E-state index is 12.3. The lowest BCUT2D eigenvalue weighted by atomic mass is 10.1. The highest BCUT2D eigenvalue weighted by molar-refractivity contribution is 6.31. The quantitative estimate of drug-likeness (QED) is 0.817. The Morgan fingerprint density at radius 3 is 2.61 bits per heavy atom. The Morgan fingerprint density at radius 1 is 1.39 bits per heavy atom. The van der Waals surface area contributed by atoms with Crippen LogP contribution < -0.4 is 0 Å². The molecule has 2 rings (SSSR count). The summed E-state index contributed by atoms with van der Waals surface area (Å²) in [4.78, 5) is 13.9. The molecule has 0 N–H and O–H groups in total. The minimum absolute atomic E-state index is 0.0293. The van der Waals surface area contributed by atoms with Crippen LogP contribution in [-0.2, 0) is 6.54 Å². The van der Waals surface area contributed by atoms with Crippen LogP contribution in [0, 0.1) is 6.92 Å². The van der Waals surface area contributed by atoms with E-state index >= 15 is 0 Å². The number of nitrogens with zero attached hydrogens (tertiary/aromatic N) is 2. The Bertz CT molecular complexity index is 614. The Morgan fingerprint density at radius 2 is 2.06 bits per heavy atom. The van der Waals surface area contributed by atoms with E-state index < -0.39 is 0 Å². The normalized spacial score (nSPS) is 10.9. The molecule has 0 saturated carbocycles. The molecule has 0 aliphatic heterocycles. The van der Waals surface area contributed by atoms with Gasteiger partial charge in [-0.25, -0.2) is 0 Å². The van der Waals surface area contributed by atoms with Crippen molar-refractivity contribution in [2.45, 2.75) is 20.4 Å². The first-order chi connectivity index (χ1) is 8.47. The van der Waals surface area contributed by atoms with E-state index in [4.69, 9.17) is 11.6 Å². The number of aromatic nitrogens is 1. The van der Waals surface area contributed by atoms with Crippen molar-refractivity contribution in [3.8, 4) is 0 Å². The summed E-state index contributed by atoms with van der Waals surface area (Å²) in [6, 6.07) is 5.75. The first-order valence-corrected chi connectivity index (χ1v) is 6.35. The third-order valence-corrected chi connectivity index (χ3v) is 3.44. The van der Waals surface area contributed by atoms with Gasteiger partial charge in [0.2, 0.25) is 0 Å². The molecule has 3 nitrogen and oxygen atoms in total. The molecule has 1 aromatic carbocycles. The number of benzene rings is 1. The van der Waals surface area contributed by atoms with Gasteiger partial charge in [-0.2, -0.15) is 0 Å². The van der Waals surface area contributed by atoms with Crippen LogP contribution in [0.2, 0.25) is 5.02 Å².